The molecule has 0 fully saturated rings. The van der Waals surface area contributed by atoms with E-state index in [0.29, 0.717) is 35.1 Å². The van der Waals surface area contributed by atoms with Gasteiger partial charge in [-0.05, 0) is 71.1 Å². The molecule has 210 valence electrons. The summed E-state index contributed by atoms with van der Waals surface area (Å²) in [6.45, 7) is 6.10. The number of benzene rings is 3. The fraction of sp³-hybridized carbons (Fsp3) is 0.286. The molecular formula is C28H29K2N5O6S. The van der Waals surface area contributed by atoms with Gasteiger partial charge in [0.15, 0.2) is 11.5 Å². The Balaban J connectivity index is 0.00000242. The van der Waals surface area contributed by atoms with Gasteiger partial charge in [-0.2, -0.15) is 5.21 Å². The van der Waals surface area contributed by atoms with Crippen molar-refractivity contribution >= 4 is 119 Å². The second-order valence-corrected chi connectivity index (χ2v) is 11.3. The molecule has 4 aromatic rings. The number of hydrogen-bond donors (Lipinski definition) is 2. The van der Waals surface area contributed by atoms with E-state index >= 15 is 0 Å². The third-order valence-corrected chi connectivity index (χ3v) is 7.82. The van der Waals surface area contributed by atoms with Crippen LogP contribution in [0.5, 0.6) is 17.2 Å². The average molecular weight is 642 g/mol. The van der Waals surface area contributed by atoms with Crippen LogP contribution in [0.25, 0.3) is 11.4 Å². The molecule has 0 aliphatic carbocycles. The maximum absolute atomic E-state index is 13.6. The Bertz CT molecular complexity index is 1620. The molecule has 0 saturated carbocycles. The first-order valence-electron chi connectivity index (χ1n) is 12.8. The third-order valence-electron chi connectivity index (χ3n) is 6.46. The van der Waals surface area contributed by atoms with Crippen LogP contribution in [0.2, 0.25) is 0 Å². The SMILES string of the molecule is CCCc1cc(-c2nn[nH]n2)ccc1OC(C(=O)NS(=O)(=O)c1ccc(C(C)C)cc1)c1ccc2c(c1)OCO2.[K].[K]. The minimum absolute atomic E-state index is 0. The number of carbonyl (C=O) groups is 1. The molecule has 1 amide bonds. The molecule has 2 N–H and O–H groups in total. The number of carbonyl (C=O) groups excluding carboxylic acids is 1. The Kier molecular flexibility index (Phi) is 13.2. The Hall–Kier alpha value is -1.18. The number of hydrogen-bond acceptors (Lipinski definition) is 9. The summed E-state index contributed by atoms with van der Waals surface area (Å²) < 4.78 is 45.7. The third kappa shape index (κ3) is 8.30. The quantitative estimate of drug-likeness (QED) is 0.248. The van der Waals surface area contributed by atoms with Crippen LogP contribution in [0.4, 0.5) is 0 Å². The molecule has 14 heteroatoms. The van der Waals surface area contributed by atoms with Crippen molar-refractivity contribution in [3.8, 4) is 28.6 Å². The monoisotopic (exact) mass is 641 g/mol. The molecule has 1 atom stereocenters. The van der Waals surface area contributed by atoms with Crippen molar-refractivity contribution < 1.29 is 27.4 Å². The van der Waals surface area contributed by atoms with Crippen molar-refractivity contribution in [3.63, 3.8) is 0 Å². The number of aromatic nitrogens is 4. The molecule has 0 saturated heterocycles. The van der Waals surface area contributed by atoms with Crippen molar-refractivity contribution in [1.82, 2.24) is 25.3 Å². The van der Waals surface area contributed by atoms with Gasteiger partial charge >= 0.3 is 0 Å². The minimum Gasteiger partial charge on any atom is -0.475 e. The Morgan fingerprint density at radius 1 is 1.00 bits per heavy atom. The van der Waals surface area contributed by atoms with E-state index in [1.807, 2.05) is 26.8 Å². The van der Waals surface area contributed by atoms with E-state index in [1.165, 1.54) is 12.1 Å². The Morgan fingerprint density at radius 3 is 2.38 bits per heavy atom. The predicted molar refractivity (Wildman–Crippen MR) is 157 cm³/mol. The number of ether oxygens (including phenoxy) is 3. The number of amides is 1. The molecular weight excluding hydrogens is 613 g/mol. The zero-order chi connectivity index (χ0) is 28.3. The molecule has 1 aliphatic heterocycles. The van der Waals surface area contributed by atoms with E-state index in [4.69, 9.17) is 14.2 Å². The van der Waals surface area contributed by atoms with E-state index in [-0.39, 0.29) is 120 Å². The Morgan fingerprint density at radius 2 is 1.71 bits per heavy atom. The number of rotatable bonds is 10. The molecule has 1 aliphatic rings. The smallest absolute Gasteiger partial charge is 0.279 e. The van der Waals surface area contributed by atoms with Crippen LogP contribution < -0.4 is 18.9 Å². The van der Waals surface area contributed by atoms with Gasteiger partial charge in [0.2, 0.25) is 18.7 Å². The van der Waals surface area contributed by atoms with Crippen LogP contribution >= 0.6 is 0 Å². The van der Waals surface area contributed by atoms with Gasteiger partial charge in [-0.1, -0.05) is 45.4 Å². The molecule has 3 aromatic carbocycles. The number of nitrogens with one attached hydrogen (secondary N) is 2. The molecule has 1 aromatic heterocycles. The normalized spacial score (nSPS) is 12.7. The predicted octanol–water partition coefficient (Wildman–Crippen LogP) is 3.53. The molecule has 1 unspecified atom stereocenters. The van der Waals surface area contributed by atoms with E-state index in [9.17, 15) is 13.2 Å². The fourth-order valence-corrected chi connectivity index (χ4v) is 5.32. The van der Waals surface area contributed by atoms with Crippen molar-refractivity contribution in [2.24, 2.45) is 0 Å². The maximum Gasteiger partial charge on any atom is 0.279 e. The number of nitrogens with zero attached hydrogens (tertiary/aromatic N) is 3. The number of fused-ring (bicyclic) bond motifs is 1. The maximum atomic E-state index is 13.6. The van der Waals surface area contributed by atoms with Crippen LogP contribution in [0.1, 0.15) is 55.9 Å². The first kappa shape index (κ1) is 35.3. The first-order chi connectivity index (χ1) is 19.2. The van der Waals surface area contributed by atoms with Gasteiger partial charge in [0, 0.05) is 114 Å². The number of aryl methyl sites for hydroxylation is 1. The number of aromatic amines is 1. The van der Waals surface area contributed by atoms with Crippen molar-refractivity contribution in [2.75, 3.05) is 6.79 Å². The van der Waals surface area contributed by atoms with Gasteiger partial charge in [-0.25, -0.2) is 13.1 Å². The molecule has 42 heavy (non-hydrogen) atoms. The van der Waals surface area contributed by atoms with E-state index in [1.54, 1.807) is 42.5 Å². The molecule has 2 radical (unpaired) electrons. The van der Waals surface area contributed by atoms with Crippen LogP contribution in [0.3, 0.4) is 0 Å². The second kappa shape index (κ2) is 15.7. The van der Waals surface area contributed by atoms with Gasteiger partial charge in [0.1, 0.15) is 5.75 Å². The van der Waals surface area contributed by atoms with Crippen molar-refractivity contribution in [2.45, 2.75) is 50.5 Å². The van der Waals surface area contributed by atoms with Crippen LogP contribution in [0.15, 0.2) is 65.6 Å². The summed E-state index contributed by atoms with van der Waals surface area (Å²) in [5.41, 5.74) is 2.91. The standard InChI is InChI=1S/C28H29N5O6S.2K/c1-4-5-19-14-21(27-29-32-33-30-27)9-12-23(19)39-26(20-8-13-24-25(15-20)38-16-37-24)28(34)31-40(35,36)22-10-6-18(7-11-22)17(2)3;;/h6-15,17,26H,4-5,16H2,1-3H3,(H,31,34)(H,29,30,32,33);;. The van der Waals surface area contributed by atoms with Crippen LogP contribution in [0, 0.1) is 0 Å². The van der Waals surface area contributed by atoms with Gasteiger partial charge in [0.25, 0.3) is 15.9 Å². The summed E-state index contributed by atoms with van der Waals surface area (Å²) in [5, 5.41) is 14.1. The summed E-state index contributed by atoms with van der Waals surface area (Å²) in [6.07, 6.45) is 0.121. The Labute approximate surface area is 329 Å². The first-order valence-corrected chi connectivity index (χ1v) is 14.3. The summed E-state index contributed by atoms with van der Waals surface area (Å²) in [4.78, 5) is 13.6. The number of tetrazole rings is 1. The molecule has 2 heterocycles. The summed E-state index contributed by atoms with van der Waals surface area (Å²) in [7, 11) is -4.18. The van der Waals surface area contributed by atoms with Gasteiger partial charge < -0.3 is 14.2 Å². The van der Waals surface area contributed by atoms with Gasteiger partial charge in [0.05, 0.1) is 4.90 Å². The van der Waals surface area contributed by atoms with Gasteiger partial charge in [-0.3, -0.25) is 4.79 Å². The summed E-state index contributed by atoms with van der Waals surface area (Å²) in [6, 6.07) is 16.7. The number of sulfonamides is 1. The largest absolute Gasteiger partial charge is 0.475 e. The fourth-order valence-electron chi connectivity index (χ4n) is 4.34. The van der Waals surface area contributed by atoms with E-state index in [2.05, 4.69) is 25.3 Å². The molecule has 0 spiro atoms. The van der Waals surface area contributed by atoms with Crippen LogP contribution in [-0.4, -0.2) is 145 Å². The van der Waals surface area contributed by atoms with E-state index in [0.717, 1.165) is 23.1 Å². The summed E-state index contributed by atoms with van der Waals surface area (Å²) >= 11 is 0. The molecule has 0 bridgehead atoms. The van der Waals surface area contributed by atoms with Crippen molar-refractivity contribution in [3.05, 3.63) is 77.4 Å². The van der Waals surface area contributed by atoms with Crippen LogP contribution in [-0.2, 0) is 21.2 Å². The minimum atomic E-state index is -4.18. The molecule has 11 nitrogen and oxygen atoms in total. The van der Waals surface area contributed by atoms with E-state index < -0.39 is 22.0 Å². The second-order valence-electron chi connectivity index (χ2n) is 9.61. The zero-order valence-electron chi connectivity index (χ0n) is 24.2. The summed E-state index contributed by atoms with van der Waals surface area (Å²) in [5.74, 6) is 1.19. The zero-order valence-corrected chi connectivity index (χ0v) is 31.3. The number of H-pyrrole nitrogens is 1. The molecule has 5 rings (SSSR count). The van der Waals surface area contributed by atoms with Crippen molar-refractivity contribution in [1.29, 1.82) is 0 Å². The average Bonchev–Trinajstić information content (AvgIpc) is 3.64. The topological polar surface area (TPSA) is 145 Å². The van der Waals surface area contributed by atoms with Gasteiger partial charge in [-0.15, -0.1) is 10.2 Å².